The first kappa shape index (κ1) is 36.3. The Hall–Kier alpha value is -8.41. The van der Waals surface area contributed by atoms with Crippen LogP contribution in [-0.2, 0) is 6.42 Å². The van der Waals surface area contributed by atoms with Gasteiger partial charge in [-0.15, -0.1) is 0 Å². The number of benzene rings is 9. The lowest BCUT2D eigenvalue weighted by atomic mass is 9.86. The lowest BCUT2D eigenvalue weighted by Gasteiger charge is -2.28. The zero-order valence-electron chi connectivity index (χ0n) is 34.8. The fourth-order valence-corrected chi connectivity index (χ4v) is 10.2. The van der Waals surface area contributed by atoms with Crippen molar-refractivity contribution in [3.05, 3.63) is 235 Å². The van der Waals surface area contributed by atoms with Crippen molar-refractivity contribution in [3.63, 3.8) is 0 Å². The van der Waals surface area contributed by atoms with Gasteiger partial charge in [-0.05, 0) is 93.4 Å². The van der Waals surface area contributed by atoms with E-state index < -0.39 is 0 Å². The van der Waals surface area contributed by atoms with E-state index in [1.807, 2.05) is 24.3 Å². The molecule has 2 aliphatic rings. The molecule has 1 aliphatic heterocycles. The molecule has 9 aromatic carbocycles. The molecule has 1 atom stereocenters. The van der Waals surface area contributed by atoms with Crippen LogP contribution in [0.2, 0.25) is 0 Å². The molecule has 11 aromatic rings. The number of fused-ring (bicyclic) bond motifs is 8. The number of aromatic nitrogens is 4. The standard InChI is InChI=1S/C59H39N5/c1-4-17-38(18-5-1)40-23-14-24-43(33-40)58-60-57(39-19-6-2-7-20-39)61-59(62-58)48-30-15-29-46-45(48)28-16-32-53(46)64-52-31-13-12-27-47(52)50-36-51-49-34-41-21-10-11-22-42(41)35-54(49)63(55(51)37-56(50)64)44-25-8-3-9-26-44/h1-35,37,50H,36H2. The summed E-state index contributed by atoms with van der Waals surface area (Å²) < 4.78 is 2.47. The van der Waals surface area contributed by atoms with Crippen LogP contribution in [0.5, 0.6) is 0 Å². The van der Waals surface area contributed by atoms with Crippen LogP contribution in [0.15, 0.2) is 218 Å². The molecule has 0 bridgehead atoms. The molecule has 0 saturated carbocycles. The van der Waals surface area contributed by atoms with Gasteiger partial charge in [0.1, 0.15) is 0 Å². The van der Waals surface area contributed by atoms with Gasteiger partial charge in [0, 0.05) is 50.5 Å². The lowest BCUT2D eigenvalue weighted by molar-refractivity contribution is 0.797. The van der Waals surface area contributed by atoms with E-state index in [-0.39, 0.29) is 5.92 Å². The van der Waals surface area contributed by atoms with Gasteiger partial charge < -0.3 is 9.47 Å². The molecule has 0 radical (unpaired) electrons. The number of nitrogens with zero attached hydrogens (tertiary/aromatic N) is 5. The van der Waals surface area contributed by atoms with Gasteiger partial charge in [0.2, 0.25) is 0 Å². The van der Waals surface area contributed by atoms with Crippen molar-refractivity contribution in [3.8, 4) is 51.0 Å². The predicted molar refractivity (Wildman–Crippen MR) is 263 cm³/mol. The summed E-state index contributed by atoms with van der Waals surface area (Å²) in [5.41, 5.74) is 15.1. The van der Waals surface area contributed by atoms with Crippen LogP contribution in [-0.4, -0.2) is 19.5 Å². The number of hydrogen-bond donors (Lipinski definition) is 0. The van der Waals surface area contributed by atoms with Crippen molar-refractivity contribution in [2.24, 2.45) is 0 Å². The summed E-state index contributed by atoms with van der Waals surface area (Å²) in [6.07, 6.45) is 3.37. The van der Waals surface area contributed by atoms with Gasteiger partial charge in [-0.25, -0.2) is 15.0 Å². The molecule has 64 heavy (non-hydrogen) atoms. The monoisotopic (exact) mass is 817 g/mol. The lowest BCUT2D eigenvalue weighted by Crippen LogP contribution is -2.18. The maximum Gasteiger partial charge on any atom is 0.164 e. The van der Waals surface area contributed by atoms with E-state index in [0.717, 1.165) is 56.4 Å². The van der Waals surface area contributed by atoms with E-state index in [1.54, 1.807) is 0 Å². The van der Waals surface area contributed by atoms with Crippen LogP contribution in [0.1, 0.15) is 22.7 Å². The van der Waals surface area contributed by atoms with E-state index >= 15 is 0 Å². The van der Waals surface area contributed by atoms with Crippen LogP contribution in [0.25, 0.3) is 89.5 Å². The van der Waals surface area contributed by atoms with Crippen molar-refractivity contribution in [2.45, 2.75) is 12.3 Å². The molecule has 2 aromatic heterocycles. The maximum atomic E-state index is 5.27. The molecule has 5 nitrogen and oxygen atoms in total. The Kier molecular flexibility index (Phi) is 8.28. The molecule has 0 N–H and O–H groups in total. The topological polar surface area (TPSA) is 46.8 Å². The first-order valence-electron chi connectivity index (χ1n) is 22.0. The summed E-state index contributed by atoms with van der Waals surface area (Å²) in [6, 6.07) is 75.6. The molecule has 0 saturated heterocycles. The number of hydrogen-bond acceptors (Lipinski definition) is 4. The van der Waals surface area contributed by atoms with Crippen molar-refractivity contribution in [1.82, 2.24) is 19.5 Å². The summed E-state index contributed by atoms with van der Waals surface area (Å²) in [7, 11) is 0. The summed E-state index contributed by atoms with van der Waals surface area (Å²) in [6.45, 7) is 0. The fourth-order valence-electron chi connectivity index (χ4n) is 10.2. The molecule has 300 valence electrons. The van der Waals surface area contributed by atoms with Gasteiger partial charge in [0.15, 0.2) is 17.5 Å². The Morgan fingerprint density at radius 1 is 0.422 bits per heavy atom. The zero-order valence-corrected chi connectivity index (χ0v) is 34.8. The van der Waals surface area contributed by atoms with Gasteiger partial charge >= 0.3 is 0 Å². The van der Waals surface area contributed by atoms with E-state index in [1.165, 1.54) is 49.9 Å². The third-order valence-electron chi connectivity index (χ3n) is 13.1. The normalized spacial score (nSPS) is 14.1. The van der Waals surface area contributed by atoms with Gasteiger partial charge in [-0.1, -0.05) is 170 Å². The first-order valence-corrected chi connectivity index (χ1v) is 22.0. The van der Waals surface area contributed by atoms with Gasteiger partial charge in [-0.3, -0.25) is 0 Å². The Morgan fingerprint density at radius 2 is 1.02 bits per heavy atom. The Bertz CT molecular complexity index is 3650. The van der Waals surface area contributed by atoms with Crippen molar-refractivity contribution >= 4 is 49.9 Å². The summed E-state index contributed by atoms with van der Waals surface area (Å²) >= 11 is 0. The van der Waals surface area contributed by atoms with E-state index in [9.17, 15) is 0 Å². The quantitative estimate of drug-likeness (QED) is 0.168. The smallest absolute Gasteiger partial charge is 0.164 e. The number of allylic oxidation sites excluding steroid dienone is 1. The molecule has 13 rings (SSSR count). The zero-order chi connectivity index (χ0) is 42.1. The van der Waals surface area contributed by atoms with E-state index in [0.29, 0.717) is 17.5 Å². The first-order chi connectivity index (χ1) is 31.7. The van der Waals surface area contributed by atoms with Crippen molar-refractivity contribution in [1.29, 1.82) is 0 Å². The second-order valence-corrected chi connectivity index (χ2v) is 16.8. The van der Waals surface area contributed by atoms with Gasteiger partial charge in [0.25, 0.3) is 0 Å². The Morgan fingerprint density at radius 3 is 1.83 bits per heavy atom. The van der Waals surface area contributed by atoms with Crippen LogP contribution < -0.4 is 4.90 Å². The minimum Gasteiger partial charge on any atom is -0.313 e. The fraction of sp³-hybridized carbons (Fsp3) is 0.0339. The maximum absolute atomic E-state index is 5.27. The predicted octanol–water partition coefficient (Wildman–Crippen LogP) is 14.6. The molecule has 0 amide bonds. The SMILES string of the molecule is C1=C2C(Cc3c1n(-c1ccccc1)c1cc4ccccc4cc31)c1ccccc1N2c1cccc2c(-c3nc(-c4ccccc4)nc(-c4cccc(-c5ccccc5)c4)n3)cccc12. The molecule has 0 spiro atoms. The van der Waals surface area contributed by atoms with E-state index in [2.05, 4.69) is 204 Å². The summed E-state index contributed by atoms with van der Waals surface area (Å²) in [5.74, 6) is 2.10. The second kappa shape index (κ2) is 14.6. The Labute approximate surface area is 370 Å². The van der Waals surface area contributed by atoms with Crippen LogP contribution in [0.3, 0.4) is 0 Å². The third-order valence-corrected chi connectivity index (χ3v) is 13.1. The van der Waals surface area contributed by atoms with E-state index in [4.69, 9.17) is 15.0 Å². The minimum absolute atomic E-state index is 0.189. The number of anilines is 2. The molecule has 1 unspecified atom stereocenters. The summed E-state index contributed by atoms with van der Waals surface area (Å²) in [4.78, 5) is 18.1. The van der Waals surface area contributed by atoms with Gasteiger partial charge in [-0.2, -0.15) is 0 Å². The molecule has 1 aliphatic carbocycles. The highest BCUT2D eigenvalue weighted by Crippen LogP contribution is 2.54. The van der Waals surface area contributed by atoms with Crippen LogP contribution in [0, 0.1) is 0 Å². The highest BCUT2D eigenvalue weighted by molar-refractivity contribution is 6.07. The molecule has 3 heterocycles. The molecule has 5 heteroatoms. The molecular weight excluding hydrogens is 779 g/mol. The molecular formula is C59H39N5. The number of para-hydroxylation sites is 2. The average molecular weight is 818 g/mol. The Balaban J connectivity index is 0.999. The van der Waals surface area contributed by atoms with Crippen LogP contribution in [0.4, 0.5) is 11.4 Å². The molecule has 0 fully saturated rings. The van der Waals surface area contributed by atoms with Gasteiger partial charge in [0.05, 0.1) is 16.9 Å². The third kappa shape index (κ3) is 5.82. The van der Waals surface area contributed by atoms with Crippen LogP contribution >= 0.6 is 0 Å². The highest BCUT2D eigenvalue weighted by atomic mass is 15.2. The van der Waals surface area contributed by atoms with Crippen molar-refractivity contribution in [2.75, 3.05) is 4.90 Å². The second-order valence-electron chi connectivity index (χ2n) is 16.8. The minimum atomic E-state index is 0.189. The van der Waals surface area contributed by atoms with Crippen molar-refractivity contribution < 1.29 is 0 Å². The largest absolute Gasteiger partial charge is 0.313 e. The highest BCUT2D eigenvalue weighted by Gasteiger charge is 2.39. The number of rotatable bonds is 6. The summed E-state index contributed by atoms with van der Waals surface area (Å²) in [5, 5.41) is 6.04. The average Bonchev–Trinajstić information content (AvgIpc) is 3.86.